The van der Waals surface area contributed by atoms with Gasteiger partial charge in [-0.3, -0.25) is 4.98 Å². The van der Waals surface area contributed by atoms with Gasteiger partial charge in [-0.15, -0.1) is 0 Å². The van der Waals surface area contributed by atoms with Gasteiger partial charge in [0.1, 0.15) is 0 Å². The monoisotopic (exact) mass is 279 g/mol. The van der Waals surface area contributed by atoms with Crippen LogP contribution in [0.25, 0.3) is 11.4 Å². The third-order valence-electron chi connectivity index (χ3n) is 2.12. The van der Waals surface area contributed by atoms with Crippen molar-refractivity contribution in [2.75, 3.05) is 5.73 Å². The van der Waals surface area contributed by atoms with Crippen molar-refractivity contribution in [1.29, 1.82) is 0 Å². The topological polar surface area (TPSA) is 72.0 Å². The summed E-state index contributed by atoms with van der Waals surface area (Å²) in [6, 6.07) is 7.34. The SMILES string of the molecule is Cc1cccc(-c2cc(Br)c(O)c(N)n2)n1. The van der Waals surface area contributed by atoms with Crippen LogP contribution in [-0.4, -0.2) is 15.1 Å². The van der Waals surface area contributed by atoms with E-state index in [4.69, 9.17) is 5.73 Å². The first kappa shape index (κ1) is 10.9. The standard InChI is InChI=1S/C11H10BrN3O/c1-6-3-2-4-8(14-6)9-5-7(12)10(16)11(13)15-9/h2-5,16H,1H3,(H2,13,15). The van der Waals surface area contributed by atoms with E-state index in [2.05, 4.69) is 25.9 Å². The summed E-state index contributed by atoms with van der Waals surface area (Å²) in [5.41, 5.74) is 7.84. The van der Waals surface area contributed by atoms with E-state index in [1.807, 2.05) is 25.1 Å². The molecular formula is C11H10BrN3O. The number of aromatic nitrogens is 2. The Morgan fingerprint density at radius 2 is 2.00 bits per heavy atom. The predicted octanol–water partition coefficient (Wildman–Crippen LogP) is 2.50. The van der Waals surface area contributed by atoms with Crippen molar-refractivity contribution in [3.63, 3.8) is 0 Å². The molecule has 3 N–H and O–H groups in total. The molecule has 2 aromatic rings. The van der Waals surface area contributed by atoms with E-state index in [0.717, 1.165) is 11.4 Å². The Balaban J connectivity index is 2.57. The lowest BCUT2D eigenvalue weighted by atomic mass is 10.2. The Morgan fingerprint density at radius 3 is 2.62 bits per heavy atom. The molecule has 0 aliphatic carbocycles. The van der Waals surface area contributed by atoms with E-state index in [9.17, 15) is 5.11 Å². The molecule has 0 spiro atoms. The maximum absolute atomic E-state index is 9.48. The van der Waals surface area contributed by atoms with Crippen LogP contribution in [0, 0.1) is 6.92 Å². The van der Waals surface area contributed by atoms with Crippen molar-refractivity contribution in [1.82, 2.24) is 9.97 Å². The molecule has 0 unspecified atom stereocenters. The van der Waals surface area contributed by atoms with Gasteiger partial charge in [-0.05, 0) is 41.1 Å². The lowest BCUT2D eigenvalue weighted by Crippen LogP contribution is -1.95. The molecule has 0 saturated heterocycles. The fraction of sp³-hybridized carbons (Fsp3) is 0.0909. The molecule has 0 atom stereocenters. The highest BCUT2D eigenvalue weighted by Crippen LogP contribution is 2.31. The smallest absolute Gasteiger partial charge is 0.172 e. The van der Waals surface area contributed by atoms with Gasteiger partial charge in [0.25, 0.3) is 0 Å². The van der Waals surface area contributed by atoms with E-state index in [0.29, 0.717) is 10.2 Å². The molecule has 0 saturated carbocycles. The molecule has 0 aromatic carbocycles. The van der Waals surface area contributed by atoms with E-state index in [1.165, 1.54) is 0 Å². The number of rotatable bonds is 1. The summed E-state index contributed by atoms with van der Waals surface area (Å²) in [5.74, 6) is 0.0454. The average Bonchev–Trinajstić information content (AvgIpc) is 2.25. The van der Waals surface area contributed by atoms with Gasteiger partial charge in [-0.1, -0.05) is 6.07 Å². The van der Waals surface area contributed by atoms with Crippen molar-refractivity contribution in [3.8, 4) is 17.1 Å². The number of hydrogen-bond donors (Lipinski definition) is 2. The molecule has 2 rings (SSSR count). The normalized spacial score (nSPS) is 10.4. The number of halogens is 1. The van der Waals surface area contributed by atoms with Gasteiger partial charge in [0.2, 0.25) is 0 Å². The van der Waals surface area contributed by atoms with Gasteiger partial charge in [0, 0.05) is 5.69 Å². The summed E-state index contributed by atoms with van der Waals surface area (Å²) in [4.78, 5) is 8.41. The van der Waals surface area contributed by atoms with Gasteiger partial charge in [0.05, 0.1) is 15.9 Å². The van der Waals surface area contributed by atoms with Crippen LogP contribution >= 0.6 is 15.9 Å². The van der Waals surface area contributed by atoms with E-state index in [1.54, 1.807) is 6.07 Å². The molecule has 0 radical (unpaired) electrons. The van der Waals surface area contributed by atoms with Gasteiger partial charge < -0.3 is 10.8 Å². The first-order chi connectivity index (χ1) is 7.58. The van der Waals surface area contributed by atoms with Gasteiger partial charge in [-0.25, -0.2) is 4.98 Å². The molecule has 4 nitrogen and oxygen atoms in total. The fourth-order valence-electron chi connectivity index (χ4n) is 1.34. The van der Waals surface area contributed by atoms with Gasteiger partial charge in [-0.2, -0.15) is 0 Å². The maximum Gasteiger partial charge on any atom is 0.172 e. The first-order valence-corrected chi connectivity index (χ1v) is 5.46. The maximum atomic E-state index is 9.48. The van der Waals surface area contributed by atoms with Crippen LogP contribution in [0.5, 0.6) is 5.75 Å². The summed E-state index contributed by atoms with van der Waals surface area (Å²) in [5, 5.41) is 9.48. The van der Waals surface area contributed by atoms with Crippen LogP contribution in [0.3, 0.4) is 0 Å². The van der Waals surface area contributed by atoms with Crippen LogP contribution < -0.4 is 5.73 Å². The molecule has 0 aliphatic rings. The number of aromatic hydroxyl groups is 1. The molecular weight excluding hydrogens is 270 g/mol. The fourth-order valence-corrected chi connectivity index (χ4v) is 1.76. The van der Waals surface area contributed by atoms with E-state index >= 15 is 0 Å². The third-order valence-corrected chi connectivity index (χ3v) is 2.73. The van der Waals surface area contributed by atoms with Crippen molar-refractivity contribution >= 4 is 21.7 Å². The number of hydrogen-bond acceptors (Lipinski definition) is 4. The zero-order valence-corrected chi connectivity index (χ0v) is 10.2. The minimum Gasteiger partial charge on any atom is -0.503 e. The molecule has 2 aromatic heterocycles. The number of nitrogen functional groups attached to an aromatic ring is 1. The van der Waals surface area contributed by atoms with Gasteiger partial charge in [0.15, 0.2) is 11.6 Å². The Kier molecular flexibility index (Phi) is 2.78. The highest BCUT2D eigenvalue weighted by molar-refractivity contribution is 9.10. The van der Waals surface area contributed by atoms with Gasteiger partial charge >= 0.3 is 0 Å². The first-order valence-electron chi connectivity index (χ1n) is 4.67. The molecule has 5 heteroatoms. The molecule has 0 bridgehead atoms. The summed E-state index contributed by atoms with van der Waals surface area (Å²) in [7, 11) is 0. The van der Waals surface area contributed by atoms with Crippen LogP contribution in [-0.2, 0) is 0 Å². The lowest BCUT2D eigenvalue weighted by molar-refractivity contribution is 0.472. The molecule has 0 aliphatic heterocycles. The van der Waals surface area contributed by atoms with Crippen LogP contribution in [0.2, 0.25) is 0 Å². The Morgan fingerprint density at radius 1 is 1.25 bits per heavy atom. The number of aryl methyl sites for hydroxylation is 1. The van der Waals surface area contributed by atoms with Crippen LogP contribution in [0.15, 0.2) is 28.7 Å². The van der Waals surface area contributed by atoms with Crippen molar-refractivity contribution in [3.05, 3.63) is 34.4 Å². The molecule has 2 heterocycles. The second-order valence-corrected chi connectivity index (χ2v) is 4.24. The Labute approximate surface area is 101 Å². The largest absolute Gasteiger partial charge is 0.503 e. The highest BCUT2D eigenvalue weighted by Gasteiger charge is 2.09. The molecule has 16 heavy (non-hydrogen) atoms. The number of nitrogens with zero attached hydrogens (tertiary/aromatic N) is 2. The molecule has 0 fully saturated rings. The van der Waals surface area contributed by atoms with Crippen LogP contribution in [0.4, 0.5) is 5.82 Å². The average molecular weight is 280 g/mol. The summed E-state index contributed by atoms with van der Waals surface area (Å²) < 4.78 is 0.512. The van der Waals surface area contributed by atoms with Crippen molar-refractivity contribution in [2.24, 2.45) is 0 Å². The molecule has 82 valence electrons. The van der Waals surface area contributed by atoms with E-state index < -0.39 is 0 Å². The quantitative estimate of drug-likeness (QED) is 0.841. The lowest BCUT2D eigenvalue weighted by Gasteiger charge is -2.05. The number of nitrogens with two attached hydrogens (primary N) is 1. The highest BCUT2D eigenvalue weighted by atomic mass is 79.9. The zero-order chi connectivity index (χ0) is 11.7. The Hall–Kier alpha value is -1.62. The van der Waals surface area contributed by atoms with Crippen LogP contribution in [0.1, 0.15) is 5.69 Å². The van der Waals surface area contributed by atoms with E-state index in [-0.39, 0.29) is 11.6 Å². The van der Waals surface area contributed by atoms with Crippen molar-refractivity contribution in [2.45, 2.75) is 6.92 Å². The predicted molar refractivity (Wildman–Crippen MR) is 66.0 cm³/mol. The number of pyridine rings is 2. The second kappa shape index (κ2) is 4.09. The summed E-state index contributed by atoms with van der Waals surface area (Å²) >= 11 is 3.21. The third kappa shape index (κ3) is 1.99. The number of anilines is 1. The van der Waals surface area contributed by atoms with Crippen molar-refractivity contribution < 1.29 is 5.11 Å². The minimum atomic E-state index is -0.0450. The minimum absolute atomic E-state index is 0.0450. The summed E-state index contributed by atoms with van der Waals surface area (Å²) in [6.07, 6.45) is 0. The zero-order valence-electron chi connectivity index (χ0n) is 8.61. The Bertz CT molecular complexity index is 519. The summed E-state index contributed by atoms with van der Waals surface area (Å²) in [6.45, 7) is 1.91. The second-order valence-electron chi connectivity index (χ2n) is 3.39. The molecule has 0 amide bonds.